The molecule has 266 valence electrons. The average molecular weight is 702 g/mol. The molecule has 2 nitrogen and oxygen atoms in total. The van der Waals surface area contributed by atoms with Crippen LogP contribution in [0.25, 0.3) is 55.0 Å². The molecule has 1 aromatic heterocycles. The Labute approximate surface area is 319 Å². The number of hydrogen-bond donors (Lipinski definition) is 0. The molecule has 0 spiro atoms. The second-order valence-electron chi connectivity index (χ2n) is 15.8. The Morgan fingerprint density at radius 2 is 0.833 bits per heavy atom. The molecule has 0 aliphatic heterocycles. The first-order chi connectivity index (χ1) is 26.8. The molecule has 8 aromatic rings. The predicted octanol–water partition coefficient (Wildman–Crippen LogP) is 14.3. The van der Waals surface area contributed by atoms with Gasteiger partial charge in [-0.3, -0.25) is 0 Å². The third-order valence-electron chi connectivity index (χ3n) is 12.8. The van der Waals surface area contributed by atoms with E-state index in [2.05, 4.69) is 169 Å². The molecule has 0 amide bonds. The maximum absolute atomic E-state index is 7.09. The highest BCUT2D eigenvalue weighted by Gasteiger charge is 2.34. The Morgan fingerprint density at radius 1 is 0.389 bits per heavy atom. The Morgan fingerprint density at radius 3 is 1.37 bits per heavy atom. The van der Waals surface area contributed by atoms with Gasteiger partial charge < -0.3 is 9.32 Å². The fraction of sp³-hybridized carbons (Fsp3) is 0.231. The Hall–Kier alpha value is -5.60. The number of anilines is 1. The predicted molar refractivity (Wildman–Crippen MR) is 227 cm³/mol. The highest BCUT2D eigenvalue weighted by Crippen LogP contribution is 2.48. The van der Waals surface area contributed by atoms with Crippen molar-refractivity contribution in [2.75, 3.05) is 4.90 Å². The van der Waals surface area contributed by atoms with Gasteiger partial charge in [-0.2, -0.15) is 0 Å². The van der Waals surface area contributed by atoms with E-state index in [-0.39, 0.29) is 0 Å². The summed E-state index contributed by atoms with van der Waals surface area (Å²) >= 11 is 0. The molecule has 54 heavy (non-hydrogen) atoms. The van der Waals surface area contributed by atoms with E-state index < -0.39 is 0 Å². The largest absolute Gasteiger partial charge is 0.455 e. The van der Waals surface area contributed by atoms with Gasteiger partial charge in [0.05, 0.1) is 0 Å². The summed E-state index contributed by atoms with van der Waals surface area (Å²) in [5.41, 5.74) is 8.83. The molecule has 2 fully saturated rings. The standard InChI is InChI=1S/C52H47NO/c1-4-14-36(15-5-1)38-24-30-42(31-25-38)53(43-32-26-39(27-33-43)37-16-6-2-7-17-37)44-34-28-41(29-35-44)51-49(40-18-8-3-9-19-40)50-47-22-12-10-20-45(47)46-21-11-13-23-48(46)52(50)54-51/h1-23,28-29,34-35,38-39,42-43H,24-27,30-33H2. The summed E-state index contributed by atoms with van der Waals surface area (Å²) in [4.78, 5) is 2.87. The van der Waals surface area contributed by atoms with Crippen molar-refractivity contribution >= 4 is 38.2 Å². The zero-order chi connectivity index (χ0) is 35.8. The molecular weight excluding hydrogens is 655 g/mol. The van der Waals surface area contributed by atoms with E-state index in [1.165, 1.54) is 101 Å². The molecule has 2 aliphatic carbocycles. The van der Waals surface area contributed by atoms with Crippen LogP contribution in [0.1, 0.15) is 74.3 Å². The smallest absolute Gasteiger partial charge is 0.143 e. The van der Waals surface area contributed by atoms with Gasteiger partial charge in [-0.25, -0.2) is 0 Å². The molecule has 0 radical (unpaired) electrons. The highest BCUT2D eigenvalue weighted by molar-refractivity contribution is 6.28. The fourth-order valence-electron chi connectivity index (χ4n) is 10.1. The lowest BCUT2D eigenvalue weighted by atomic mass is 9.78. The third kappa shape index (κ3) is 5.99. The molecule has 0 unspecified atom stereocenters. The summed E-state index contributed by atoms with van der Waals surface area (Å²) in [7, 11) is 0. The van der Waals surface area contributed by atoms with Gasteiger partial charge >= 0.3 is 0 Å². The van der Waals surface area contributed by atoms with Crippen LogP contribution >= 0.6 is 0 Å². The summed E-state index contributed by atoms with van der Waals surface area (Å²) < 4.78 is 7.09. The number of hydrogen-bond acceptors (Lipinski definition) is 2. The van der Waals surface area contributed by atoms with E-state index in [1.54, 1.807) is 0 Å². The summed E-state index contributed by atoms with van der Waals surface area (Å²) in [6.07, 6.45) is 9.97. The normalized spacial score (nSPS) is 20.4. The van der Waals surface area contributed by atoms with Crippen LogP contribution in [0.3, 0.4) is 0 Å². The lowest BCUT2D eigenvalue weighted by molar-refractivity contribution is 0.310. The lowest BCUT2D eigenvalue weighted by Gasteiger charge is -2.45. The Balaban J connectivity index is 1.04. The second kappa shape index (κ2) is 14.3. The van der Waals surface area contributed by atoms with Gasteiger partial charge in [0.2, 0.25) is 0 Å². The zero-order valence-corrected chi connectivity index (χ0v) is 30.9. The van der Waals surface area contributed by atoms with Gasteiger partial charge in [-0.1, -0.05) is 140 Å². The van der Waals surface area contributed by atoms with E-state index in [1.807, 2.05) is 0 Å². The van der Waals surface area contributed by atoms with Crippen LogP contribution in [0.5, 0.6) is 0 Å². The molecule has 7 aromatic carbocycles. The molecule has 1 heterocycles. The van der Waals surface area contributed by atoms with Crippen LogP contribution in [-0.2, 0) is 0 Å². The number of furan rings is 1. The van der Waals surface area contributed by atoms with Gasteiger partial charge in [-0.15, -0.1) is 0 Å². The number of fused-ring (bicyclic) bond motifs is 6. The highest BCUT2D eigenvalue weighted by atomic mass is 16.3. The summed E-state index contributed by atoms with van der Waals surface area (Å²) in [6, 6.07) is 61.4. The van der Waals surface area contributed by atoms with Gasteiger partial charge in [0.15, 0.2) is 0 Å². The maximum Gasteiger partial charge on any atom is 0.143 e. The van der Waals surface area contributed by atoms with Crippen LogP contribution in [0, 0.1) is 0 Å². The Kier molecular flexibility index (Phi) is 8.76. The molecule has 2 saturated carbocycles. The minimum atomic E-state index is 0.554. The van der Waals surface area contributed by atoms with Crippen molar-refractivity contribution in [2.45, 2.75) is 75.3 Å². The van der Waals surface area contributed by atoms with E-state index in [4.69, 9.17) is 4.42 Å². The third-order valence-corrected chi connectivity index (χ3v) is 12.8. The lowest BCUT2D eigenvalue weighted by Crippen LogP contribution is -2.46. The minimum absolute atomic E-state index is 0.554. The minimum Gasteiger partial charge on any atom is -0.455 e. The average Bonchev–Trinajstić information content (AvgIpc) is 3.67. The van der Waals surface area contributed by atoms with Gasteiger partial charge in [0, 0.05) is 39.7 Å². The van der Waals surface area contributed by atoms with Crippen LogP contribution in [0.15, 0.2) is 168 Å². The fourth-order valence-corrected chi connectivity index (χ4v) is 10.1. The zero-order valence-electron chi connectivity index (χ0n) is 30.9. The molecular formula is C52H47NO. The van der Waals surface area contributed by atoms with Gasteiger partial charge in [0.1, 0.15) is 11.3 Å². The van der Waals surface area contributed by atoms with Crippen molar-refractivity contribution in [3.63, 3.8) is 0 Å². The van der Waals surface area contributed by atoms with Crippen LogP contribution in [-0.4, -0.2) is 12.1 Å². The van der Waals surface area contributed by atoms with Crippen LogP contribution in [0.2, 0.25) is 0 Å². The molecule has 2 heteroatoms. The van der Waals surface area contributed by atoms with Crippen molar-refractivity contribution in [2.24, 2.45) is 0 Å². The molecule has 0 atom stereocenters. The van der Waals surface area contributed by atoms with E-state index in [0.717, 1.165) is 22.3 Å². The maximum atomic E-state index is 7.09. The first kappa shape index (κ1) is 33.0. The summed E-state index contributed by atoms with van der Waals surface area (Å²) in [6.45, 7) is 0. The van der Waals surface area contributed by atoms with Crippen molar-refractivity contribution in [3.8, 4) is 22.5 Å². The molecule has 10 rings (SSSR count). The molecule has 0 saturated heterocycles. The van der Waals surface area contributed by atoms with Crippen molar-refractivity contribution in [3.05, 3.63) is 175 Å². The van der Waals surface area contributed by atoms with Crippen molar-refractivity contribution in [1.29, 1.82) is 0 Å². The van der Waals surface area contributed by atoms with E-state index >= 15 is 0 Å². The summed E-state index contributed by atoms with van der Waals surface area (Å²) in [5.74, 6) is 2.27. The van der Waals surface area contributed by atoms with Crippen molar-refractivity contribution in [1.82, 2.24) is 0 Å². The second-order valence-corrected chi connectivity index (χ2v) is 15.8. The number of rotatable bonds is 7. The van der Waals surface area contributed by atoms with Crippen LogP contribution < -0.4 is 4.90 Å². The first-order valence-corrected chi connectivity index (χ1v) is 20.2. The van der Waals surface area contributed by atoms with Gasteiger partial charge in [-0.05, 0) is 120 Å². The first-order valence-electron chi connectivity index (χ1n) is 20.2. The topological polar surface area (TPSA) is 16.4 Å². The van der Waals surface area contributed by atoms with E-state index in [9.17, 15) is 0 Å². The SMILES string of the molecule is c1ccc(-c2c(-c3ccc(N(C4CCC(c5ccccc5)CC4)C4CCC(c5ccccc5)CC4)cc3)oc3c4ccccc4c4ccccc4c23)cc1. The summed E-state index contributed by atoms with van der Waals surface area (Å²) in [5, 5.41) is 6.09. The molecule has 2 aliphatic rings. The van der Waals surface area contributed by atoms with Crippen molar-refractivity contribution < 1.29 is 4.42 Å². The number of benzene rings is 7. The van der Waals surface area contributed by atoms with Crippen LogP contribution in [0.4, 0.5) is 5.69 Å². The Bertz CT molecular complexity index is 2440. The van der Waals surface area contributed by atoms with E-state index in [0.29, 0.717) is 23.9 Å². The number of nitrogens with zero attached hydrogens (tertiary/aromatic N) is 1. The molecule has 0 N–H and O–H groups in total. The molecule has 0 bridgehead atoms. The quantitative estimate of drug-likeness (QED) is 0.154. The van der Waals surface area contributed by atoms with Gasteiger partial charge in [0.25, 0.3) is 0 Å². The monoisotopic (exact) mass is 701 g/mol.